The van der Waals surface area contributed by atoms with Gasteiger partial charge in [-0.05, 0) is 0 Å². The highest BCUT2D eigenvalue weighted by Crippen LogP contribution is 2.36. The van der Waals surface area contributed by atoms with Crippen molar-refractivity contribution in [1.82, 2.24) is 4.98 Å². The van der Waals surface area contributed by atoms with Crippen molar-refractivity contribution in [2.75, 3.05) is 0 Å². The molecule has 0 aromatic carbocycles. The Labute approximate surface area is 84.9 Å². The molecule has 0 saturated carbocycles. The van der Waals surface area contributed by atoms with Crippen molar-refractivity contribution >= 4 is 6.29 Å². The van der Waals surface area contributed by atoms with Gasteiger partial charge in [0.15, 0.2) is 12.1 Å². The molecule has 0 fully saturated rings. The van der Waals surface area contributed by atoms with Crippen molar-refractivity contribution in [3.8, 4) is 0 Å². The molecule has 2 nitrogen and oxygen atoms in total. The third-order valence-electron chi connectivity index (χ3n) is 1.71. The van der Waals surface area contributed by atoms with Gasteiger partial charge in [0.1, 0.15) is 11.3 Å². The molecule has 0 saturated heterocycles. The topological polar surface area (TPSA) is 30.0 Å². The van der Waals surface area contributed by atoms with Gasteiger partial charge in [-0.25, -0.2) is 13.2 Å². The molecule has 1 aromatic heterocycles. The fourth-order valence-corrected chi connectivity index (χ4v) is 1.10. The minimum Gasteiger partial charge on any atom is -0.298 e. The molecule has 1 aromatic rings. The molecular weight excluding hydrogens is 240 g/mol. The summed E-state index contributed by atoms with van der Waals surface area (Å²) in [7, 11) is 0. The molecule has 88 valence electrons. The van der Waals surface area contributed by atoms with E-state index in [1.54, 1.807) is 0 Å². The van der Waals surface area contributed by atoms with Crippen LogP contribution in [0.4, 0.5) is 26.3 Å². The minimum atomic E-state index is -5.23. The number of halogens is 6. The number of hydrogen-bond donors (Lipinski definition) is 0. The maximum absolute atomic E-state index is 12.8. The van der Waals surface area contributed by atoms with E-state index in [1.165, 1.54) is 0 Å². The number of pyridine rings is 1. The van der Waals surface area contributed by atoms with Crippen molar-refractivity contribution < 1.29 is 31.1 Å². The Kier molecular flexibility index (Phi) is 3.20. The monoisotopic (exact) mass is 243 g/mol. The summed E-state index contributed by atoms with van der Waals surface area (Å²) in [6.07, 6.45) is -9.09. The molecule has 0 aliphatic rings. The first-order valence-corrected chi connectivity index (χ1v) is 3.78. The highest BCUT2D eigenvalue weighted by Gasteiger charge is 2.39. The van der Waals surface area contributed by atoms with Crippen LogP contribution in [0.2, 0.25) is 0 Å². The Morgan fingerprint density at radius 3 is 2.25 bits per heavy atom. The van der Waals surface area contributed by atoms with Crippen LogP contribution in [0.1, 0.15) is 28.0 Å². The van der Waals surface area contributed by atoms with Crippen LogP contribution in [-0.4, -0.2) is 11.3 Å². The van der Waals surface area contributed by atoms with Crippen LogP contribution in [0.5, 0.6) is 0 Å². The van der Waals surface area contributed by atoms with Gasteiger partial charge in [0.25, 0.3) is 6.43 Å². The quantitative estimate of drug-likeness (QED) is 0.590. The number of carbonyl (C=O) groups is 1. The second-order valence-electron chi connectivity index (χ2n) is 2.70. The Morgan fingerprint density at radius 1 is 1.31 bits per heavy atom. The second-order valence-corrected chi connectivity index (χ2v) is 2.70. The first-order chi connectivity index (χ1) is 7.29. The normalized spacial score (nSPS) is 11.9. The molecule has 8 heteroatoms. The molecule has 16 heavy (non-hydrogen) atoms. The van der Waals surface area contributed by atoms with Crippen LogP contribution in [0, 0.1) is 5.82 Å². The first kappa shape index (κ1) is 12.5. The van der Waals surface area contributed by atoms with Gasteiger partial charge in [0.05, 0.1) is 11.8 Å². The SMILES string of the molecule is O=Cc1c(C(F)F)ncc(F)c1C(F)(F)F. The zero-order chi connectivity index (χ0) is 12.5. The zero-order valence-corrected chi connectivity index (χ0v) is 7.36. The summed E-state index contributed by atoms with van der Waals surface area (Å²) in [6, 6.07) is 0. The predicted octanol–water partition coefficient (Wildman–Crippen LogP) is 2.99. The maximum Gasteiger partial charge on any atom is 0.420 e. The molecule has 0 unspecified atom stereocenters. The fraction of sp³-hybridized carbons (Fsp3) is 0.250. The molecule has 0 aliphatic heterocycles. The lowest BCUT2D eigenvalue weighted by Crippen LogP contribution is -2.15. The maximum atomic E-state index is 12.8. The van der Waals surface area contributed by atoms with Crippen molar-refractivity contribution in [2.45, 2.75) is 12.6 Å². The lowest BCUT2D eigenvalue weighted by atomic mass is 10.1. The highest BCUT2D eigenvalue weighted by molar-refractivity contribution is 5.79. The van der Waals surface area contributed by atoms with Crippen LogP contribution in [0.3, 0.4) is 0 Å². The number of carbonyl (C=O) groups excluding carboxylic acids is 1. The van der Waals surface area contributed by atoms with Crippen LogP contribution < -0.4 is 0 Å². The van der Waals surface area contributed by atoms with Crippen LogP contribution >= 0.6 is 0 Å². The highest BCUT2D eigenvalue weighted by atomic mass is 19.4. The summed E-state index contributed by atoms with van der Waals surface area (Å²) in [6.45, 7) is 0. The zero-order valence-electron chi connectivity index (χ0n) is 7.36. The van der Waals surface area contributed by atoms with Gasteiger partial charge < -0.3 is 0 Å². The van der Waals surface area contributed by atoms with Crippen LogP contribution in [-0.2, 0) is 6.18 Å². The number of aldehydes is 1. The van der Waals surface area contributed by atoms with E-state index in [0.717, 1.165) is 0 Å². The van der Waals surface area contributed by atoms with E-state index in [-0.39, 0.29) is 6.20 Å². The summed E-state index contributed by atoms with van der Waals surface area (Å²) in [4.78, 5) is 13.1. The molecule has 0 bridgehead atoms. The predicted molar refractivity (Wildman–Crippen MR) is 39.5 cm³/mol. The summed E-state index contributed by atoms with van der Waals surface area (Å²) in [5.41, 5.74) is -4.88. The summed E-state index contributed by atoms with van der Waals surface area (Å²) >= 11 is 0. The molecule has 1 rings (SSSR count). The summed E-state index contributed by atoms with van der Waals surface area (Å²) in [5, 5.41) is 0. The number of aromatic nitrogens is 1. The fourth-order valence-electron chi connectivity index (χ4n) is 1.10. The summed E-state index contributed by atoms with van der Waals surface area (Å²) in [5.74, 6) is -1.86. The van der Waals surface area contributed by atoms with Gasteiger partial charge in [0.2, 0.25) is 0 Å². The van der Waals surface area contributed by atoms with Crippen LogP contribution in [0.25, 0.3) is 0 Å². The molecule has 0 atom stereocenters. The molecule has 0 radical (unpaired) electrons. The van der Waals surface area contributed by atoms with Crippen molar-refractivity contribution in [3.05, 3.63) is 28.8 Å². The third-order valence-corrected chi connectivity index (χ3v) is 1.71. The van der Waals surface area contributed by atoms with Crippen molar-refractivity contribution in [3.63, 3.8) is 0 Å². The van der Waals surface area contributed by atoms with Crippen molar-refractivity contribution in [2.24, 2.45) is 0 Å². The Morgan fingerprint density at radius 2 is 1.88 bits per heavy atom. The average Bonchev–Trinajstić information content (AvgIpc) is 2.14. The number of rotatable bonds is 2. The van der Waals surface area contributed by atoms with Gasteiger partial charge in [-0.1, -0.05) is 0 Å². The van der Waals surface area contributed by atoms with E-state index in [1.807, 2.05) is 0 Å². The molecule has 0 N–H and O–H groups in total. The average molecular weight is 243 g/mol. The largest absolute Gasteiger partial charge is 0.420 e. The first-order valence-electron chi connectivity index (χ1n) is 3.78. The van der Waals surface area contributed by atoms with Gasteiger partial charge in [-0.3, -0.25) is 9.78 Å². The van der Waals surface area contributed by atoms with E-state index in [9.17, 15) is 31.1 Å². The number of alkyl halides is 5. The van der Waals surface area contributed by atoms with E-state index in [4.69, 9.17) is 0 Å². The Balaban J connectivity index is 3.57. The molecule has 0 spiro atoms. The third kappa shape index (κ3) is 2.15. The molecular formula is C8H3F6NO. The van der Waals surface area contributed by atoms with Crippen LogP contribution in [0.15, 0.2) is 6.20 Å². The standard InChI is InChI=1S/C8H3F6NO/c9-4-1-15-6(7(10)11)3(2-16)5(4)8(12,13)14/h1-2,7H. The van der Waals surface area contributed by atoms with Gasteiger partial charge in [0, 0.05) is 0 Å². The summed E-state index contributed by atoms with van der Waals surface area (Å²) < 4.78 is 74.0. The number of hydrogen-bond acceptors (Lipinski definition) is 2. The smallest absolute Gasteiger partial charge is 0.298 e. The second kappa shape index (κ2) is 4.11. The van der Waals surface area contributed by atoms with E-state index >= 15 is 0 Å². The number of nitrogens with zero attached hydrogens (tertiary/aromatic N) is 1. The Hall–Kier alpha value is -1.60. The molecule has 0 aliphatic carbocycles. The van der Waals surface area contributed by atoms with Gasteiger partial charge >= 0.3 is 6.18 Å². The lowest BCUT2D eigenvalue weighted by molar-refractivity contribution is -0.140. The van der Waals surface area contributed by atoms with E-state index < -0.39 is 41.5 Å². The molecule has 1 heterocycles. The van der Waals surface area contributed by atoms with E-state index in [2.05, 4.69) is 4.98 Å². The Bertz CT molecular complexity index is 414. The van der Waals surface area contributed by atoms with Gasteiger partial charge in [-0.2, -0.15) is 13.2 Å². The molecule has 0 amide bonds. The minimum absolute atomic E-state index is 0.0112. The van der Waals surface area contributed by atoms with E-state index in [0.29, 0.717) is 0 Å². The van der Waals surface area contributed by atoms with Crippen molar-refractivity contribution in [1.29, 1.82) is 0 Å². The van der Waals surface area contributed by atoms with Gasteiger partial charge in [-0.15, -0.1) is 0 Å². The lowest BCUT2D eigenvalue weighted by Gasteiger charge is -2.12.